The number of carbonyl (C=O) groups is 1. The van der Waals surface area contributed by atoms with Crippen molar-refractivity contribution in [2.24, 2.45) is 0 Å². The number of carboxylic acid groups (broad SMARTS) is 1. The summed E-state index contributed by atoms with van der Waals surface area (Å²) in [6.45, 7) is 0.316. The predicted molar refractivity (Wildman–Crippen MR) is 93.0 cm³/mol. The van der Waals surface area contributed by atoms with Gasteiger partial charge >= 0.3 is 5.97 Å². The molecule has 2 N–H and O–H groups in total. The molecule has 1 aliphatic rings. The van der Waals surface area contributed by atoms with E-state index in [9.17, 15) is 18.3 Å². The van der Waals surface area contributed by atoms with Crippen molar-refractivity contribution >= 4 is 50.8 Å². The molecule has 0 saturated carbocycles. The second kappa shape index (κ2) is 6.77. The van der Waals surface area contributed by atoms with E-state index in [0.717, 1.165) is 6.42 Å². The summed E-state index contributed by atoms with van der Waals surface area (Å²) in [5.41, 5.74) is 0.782. The first-order valence-corrected chi connectivity index (χ1v) is 9.78. The van der Waals surface area contributed by atoms with Crippen molar-refractivity contribution in [2.45, 2.75) is 30.8 Å². The zero-order valence-corrected chi connectivity index (χ0v) is 15.7. The molecule has 0 amide bonds. The van der Waals surface area contributed by atoms with Gasteiger partial charge in [0.15, 0.2) is 0 Å². The van der Waals surface area contributed by atoms with Gasteiger partial charge in [-0.1, -0.05) is 34.8 Å². The van der Waals surface area contributed by atoms with Gasteiger partial charge in [0, 0.05) is 11.6 Å². The SMILES string of the molecule is O=C(O)c1c(CNS(=O)(=O)c2c(Cl)cc(Cl)cc2Cl)nn2c1CCC2. The fourth-order valence-corrected chi connectivity index (χ4v) is 5.31. The number of hydrogen-bond acceptors (Lipinski definition) is 4. The van der Waals surface area contributed by atoms with E-state index in [1.807, 2.05) is 0 Å². The van der Waals surface area contributed by atoms with Crippen LogP contribution in [0.1, 0.15) is 28.2 Å². The summed E-state index contributed by atoms with van der Waals surface area (Å²) in [4.78, 5) is 11.2. The Balaban J connectivity index is 1.91. The van der Waals surface area contributed by atoms with E-state index >= 15 is 0 Å². The third kappa shape index (κ3) is 3.50. The predicted octanol–water partition coefficient (Wildman–Crippen LogP) is 2.97. The largest absolute Gasteiger partial charge is 0.478 e. The van der Waals surface area contributed by atoms with Crippen LogP contribution in [-0.4, -0.2) is 29.3 Å². The maximum atomic E-state index is 12.5. The van der Waals surface area contributed by atoms with E-state index in [4.69, 9.17) is 34.8 Å². The van der Waals surface area contributed by atoms with Gasteiger partial charge in [-0.05, 0) is 25.0 Å². The van der Waals surface area contributed by atoms with E-state index in [2.05, 4.69) is 9.82 Å². The number of fused-ring (bicyclic) bond motifs is 1. The molecule has 2 heterocycles. The molecule has 11 heteroatoms. The molecule has 0 bridgehead atoms. The highest BCUT2D eigenvalue weighted by Gasteiger charge is 2.28. The molecular formula is C14H12Cl3N3O4S. The number of carboxylic acids is 1. The molecule has 25 heavy (non-hydrogen) atoms. The van der Waals surface area contributed by atoms with Gasteiger partial charge in [0.1, 0.15) is 10.5 Å². The van der Waals surface area contributed by atoms with E-state index in [0.29, 0.717) is 18.7 Å². The Morgan fingerprint density at radius 3 is 2.52 bits per heavy atom. The summed E-state index contributed by atoms with van der Waals surface area (Å²) in [6.07, 6.45) is 1.40. The quantitative estimate of drug-likeness (QED) is 0.768. The third-order valence-electron chi connectivity index (χ3n) is 3.79. The van der Waals surface area contributed by atoms with Gasteiger partial charge in [0.2, 0.25) is 10.0 Å². The molecule has 0 aliphatic carbocycles. The molecule has 0 saturated heterocycles. The summed E-state index contributed by atoms with van der Waals surface area (Å²) >= 11 is 17.7. The van der Waals surface area contributed by atoms with Crippen molar-refractivity contribution in [1.82, 2.24) is 14.5 Å². The van der Waals surface area contributed by atoms with Crippen molar-refractivity contribution < 1.29 is 18.3 Å². The summed E-state index contributed by atoms with van der Waals surface area (Å²) in [7, 11) is -4.09. The highest BCUT2D eigenvalue weighted by atomic mass is 35.5. The van der Waals surface area contributed by atoms with Gasteiger partial charge < -0.3 is 5.11 Å². The van der Waals surface area contributed by atoms with Crippen LogP contribution in [0.2, 0.25) is 15.1 Å². The summed E-state index contributed by atoms with van der Waals surface area (Å²) in [5.74, 6) is -1.14. The van der Waals surface area contributed by atoms with Crippen LogP contribution in [0.5, 0.6) is 0 Å². The molecular weight excluding hydrogens is 413 g/mol. The normalized spacial score (nSPS) is 13.9. The zero-order chi connectivity index (χ0) is 18.4. The molecule has 7 nitrogen and oxygen atoms in total. The van der Waals surface area contributed by atoms with Crippen molar-refractivity contribution in [1.29, 1.82) is 0 Å². The molecule has 3 rings (SSSR count). The summed E-state index contributed by atoms with van der Waals surface area (Å²) < 4.78 is 28.9. The van der Waals surface area contributed by atoms with Crippen LogP contribution >= 0.6 is 34.8 Å². The first-order valence-electron chi connectivity index (χ1n) is 7.17. The molecule has 134 valence electrons. The maximum absolute atomic E-state index is 12.5. The third-order valence-corrected chi connectivity index (χ3v) is 6.33. The van der Waals surface area contributed by atoms with Gasteiger partial charge in [0.25, 0.3) is 0 Å². The number of nitrogens with zero attached hydrogens (tertiary/aromatic N) is 2. The van der Waals surface area contributed by atoms with Crippen molar-refractivity contribution in [3.05, 3.63) is 44.2 Å². The summed E-state index contributed by atoms with van der Waals surface area (Å²) in [5, 5.41) is 13.5. The number of hydrogen-bond donors (Lipinski definition) is 2. The Kier molecular flexibility index (Phi) is 5.00. The number of halogens is 3. The van der Waals surface area contributed by atoms with Crippen LogP contribution < -0.4 is 4.72 Å². The Morgan fingerprint density at radius 2 is 1.92 bits per heavy atom. The van der Waals surface area contributed by atoms with Gasteiger partial charge in [-0.15, -0.1) is 0 Å². The fraction of sp³-hybridized carbons (Fsp3) is 0.286. The highest BCUT2D eigenvalue weighted by Crippen LogP contribution is 2.32. The fourth-order valence-electron chi connectivity index (χ4n) is 2.78. The van der Waals surface area contributed by atoms with Gasteiger partial charge in [0.05, 0.1) is 28.0 Å². The van der Waals surface area contributed by atoms with Gasteiger partial charge in [-0.3, -0.25) is 4.68 Å². The Morgan fingerprint density at radius 1 is 1.28 bits per heavy atom. The second-order valence-electron chi connectivity index (χ2n) is 5.42. The Labute approximate surface area is 158 Å². The molecule has 0 radical (unpaired) electrons. The minimum Gasteiger partial charge on any atom is -0.478 e. The molecule has 1 aliphatic heterocycles. The minimum atomic E-state index is -4.09. The minimum absolute atomic E-state index is 0.0356. The molecule has 0 atom stereocenters. The van der Waals surface area contributed by atoms with E-state index in [1.54, 1.807) is 4.68 Å². The first-order chi connectivity index (χ1) is 11.7. The monoisotopic (exact) mass is 423 g/mol. The number of rotatable bonds is 5. The van der Waals surface area contributed by atoms with Crippen molar-refractivity contribution in [3.8, 4) is 0 Å². The van der Waals surface area contributed by atoms with Crippen LogP contribution in [0.4, 0.5) is 0 Å². The lowest BCUT2D eigenvalue weighted by atomic mass is 10.1. The van der Waals surface area contributed by atoms with E-state index < -0.39 is 16.0 Å². The van der Waals surface area contributed by atoms with Crippen LogP contribution in [0.25, 0.3) is 0 Å². The first kappa shape index (κ1) is 18.5. The maximum Gasteiger partial charge on any atom is 0.339 e. The molecule has 1 aromatic heterocycles. The molecule has 0 unspecified atom stereocenters. The lowest BCUT2D eigenvalue weighted by Gasteiger charge is -2.10. The van der Waals surface area contributed by atoms with Gasteiger partial charge in [-0.25, -0.2) is 17.9 Å². The topological polar surface area (TPSA) is 101 Å². The average Bonchev–Trinajstić information content (AvgIpc) is 3.02. The number of benzene rings is 1. The van der Waals surface area contributed by atoms with Gasteiger partial charge in [-0.2, -0.15) is 5.10 Å². The smallest absolute Gasteiger partial charge is 0.339 e. The van der Waals surface area contributed by atoms with Crippen LogP contribution in [0.15, 0.2) is 17.0 Å². The second-order valence-corrected chi connectivity index (χ2v) is 8.38. The number of aromatic nitrogens is 2. The number of aromatic carboxylic acids is 1. The highest BCUT2D eigenvalue weighted by molar-refractivity contribution is 7.89. The van der Waals surface area contributed by atoms with E-state index in [1.165, 1.54) is 12.1 Å². The van der Waals surface area contributed by atoms with E-state index in [-0.39, 0.29) is 37.8 Å². The number of aryl methyl sites for hydroxylation is 1. The summed E-state index contributed by atoms with van der Waals surface area (Å²) in [6, 6.07) is 2.52. The molecule has 1 aromatic carbocycles. The lowest BCUT2D eigenvalue weighted by Crippen LogP contribution is -2.25. The molecule has 0 fully saturated rings. The average molecular weight is 425 g/mol. The standard InChI is InChI=1S/C14H12Cl3N3O4S/c15-7-4-8(16)13(9(17)5-7)25(23,24)18-6-10-12(14(21)22)11-2-1-3-20(11)19-10/h4-5,18H,1-3,6H2,(H,21,22). The number of nitrogens with one attached hydrogen (secondary N) is 1. The number of sulfonamides is 1. The van der Waals surface area contributed by atoms with Crippen LogP contribution in [-0.2, 0) is 29.5 Å². The van der Waals surface area contributed by atoms with Crippen molar-refractivity contribution in [2.75, 3.05) is 0 Å². The van der Waals surface area contributed by atoms with Crippen molar-refractivity contribution in [3.63, 3.8) is 0 Å². The zero-order valence-electron chi connectivity index (χ0n) is 12.6. The van der Waals surface area contributed by atoms with Crippen LogP contribution in [0, 0.1) is 0 Å². The van der Waals surface area contributed by atoms with Crippen LogP contribution in [0.3, 0.4) is 0 Å². The lowest BCUT2D eigenvalue weighted by molar-refractivity contribution is 0.0694. The molecule has 0 spiro atoms. The molecule has 2 aromatic rings. The Hall–Kier alpha value is -1.32. The Bertz CT molecular complexity index is 949.